The van der Waals surface area contributed by atoms with E-state index in [-0.39, 0.29) is 0 Å². The van der Waals surface area contributed by atoms with E-state index in [2.05, 4.69) is 22.3 Å². The minimum atomic E-state index is -0.588. The van der Waals surface area contributed by atoms with Gasteiger partial charge in [0.2, 0.25) is 0 Å². The van der Waals surface area contributed by atoms with Crippen molar-refractivity contribution in [2.45, 2.75) is 13.8 Å². The molecule has 0 radical (unpaired) electrons. The van der Waals surface area contributed by atoms with Crippen molar-refractivity contribution >= 4 is 6.16 Å². The van der Waals surface area contributed by atoms with Crippen LogP contribution in [0.2, 0.25) is 0 Å². The summed E-state index contributed by atoms with van der Waals surface area (Å²) in [5, 5.41) is 0. The van der Waals surface area contributed by atoms with E-state index in [0.29, 0.717) is 13.2 Å². The van der Waals surface area contributed by atoms with Gasteiger partial charge in [0.1, 0.15) is 0 Å². The highest BCUT2D eigenvalue weighted by Gasteiger charge is 1.96. The van der Waals surface area contributed by atoms with Crippen molar-refractivity contribution in [3.63, 3.8) is 0 Å². The van der Waals surface area contributed by atoms with Crippen LogP contribution in [0.3, 0.4) is 0 Å². The summed E-state index contributed by atoms with van der Waals surface area (Å²) >= 11 is 0. The minimum Gasteiger partial charge on any atom is -0.435 e. The van der Waals surface area contributed by atoms with Crippen LogP contribution in [-0.4, -0.2) is 19.4 Å². The Morgan fingerprint density at radius 3 is 1.70 bits per heavy atom. The molecule has 10 heavy (non-hydrogen) atoms. The Balaban J connectivity index is 0. The largest absolute Gasteiger partial charge is 0.508 e. The zero-order chi connectivity index (χ0) is 8.41. The first kappa shape index (κ1) is 11.6. The molecule has 0 atom stereocenters. The molecule has 3 heteroatoms. The number of carbonyl (C=O) groups is 1. The van der Waals surface area contributed by atoms with E-state index in [1.807, 2.05) is 0 Å². The fourth-order valence-electron chi connectivity index (χ4n) is 0.277. The van der Waals surface area contributed by atoms with Crippen molar-refractivity contribution in [1.82, 2.24) is 0 Å². The first-order valence-corrected chi connectivity index (χ1v) is 2.94. The molecule has 0 rings (SSSR count). The Labute approximate surface area is 61.3 Å². The molecule has 0 amide bonds. The van der Waals surface area contributed by atoms with E-state index in [9.17, 15) is 4.79 Å². The molecule has 0 saturated heterocycles. The number of ether oxygens (including phenoxy) is 2. The van der Waals surface area contributed by atoms with Crippen LogP contribution >= 0.6 is 0 Å². The van der Waals surface area contributed by atoms with Gasteiger partial charge in [0.15, 0.2) is 0 Å². The number of terminal acetylenes is 1. The second-order valence-corrected chi connectivity index (χ2v) is 1.12. The molecule has 0 N–H and O–H groups in total. The predicted octanol–water partition coefficient (Wildman–Crippen LogP) is 1.43. The van der Waals surface area contributed by atoms with Crippen LogP contribution in [0.15, 0.2) is 0 Å². The molecular weight excluding hydrogens is 132 g/mol. The van der Waals surface area contributed by atoms with Crippen LogP contribution in [0.1, 0.15) is 13.8 Å². The molecule has 0 aliphatic carbocycles. The highest BCUT2D eigenvalue weighted by atomic mass is 16.7. The molecular formula is C7H12O3. The summed E-state index contributed by atoms with van der Waals surface area (Å²) in [5.41, 5.74) is 0. The molecule has 0 saturated carbocycles. The maximum atomic E-state index is 10.2. The molecule has 0 aliphatic heterocycles. The van der Waals surface area contributed by atoms with E-state index >= 15 is 0 Å². The summed E-state index contributed by atoms with van der Waals surface area (Å²) < 4.78 is 8.84. The van der Waals surface area contributed by atoms with Crippen molar-refractivity contribution in [2.75, 3.05) is 13.2 Å². The molecule has 0 spiro atoms. The van der Waals surface area contributed by atoms with E-state index in [1.54, 1.807) is 13.8 Å². The smallest absolute Gasteiger partial charge is 0.435 e. The van der Waals surface area contributed by atoms with Gasteiger partial charge in [0.25, 0.3) is 0 Å². The fourth-order valence-corrected chi connectivity index (χ4v) is 0.277. The molecule has 58 valence electrons. The van der Waals surface area contributed by atoms with E-state index in [0.717, 1.165) is 0 Å². The average Bonchev–Trinajstić information content (AvgIpc) is 1.93. The van der Waals surface area contributed by atoms with Crippen LogP contribution in [0.4, 0.5) is 4.79 Å². The van der Waals surface area contributed by atoms with Gasteiger partial charge < -0.3 is 9.47 Å². The predicted molar refractivity (Wildman–Crippen MR) is 38.5 cm³/mol. The van der Waals surface area contributed by atoms with E-state index < -0.39 is 6.16 Å². The second kappa shape index (κ2) is 10.7. The van der Waals surface area contributed by atoms with Crippen molar-refractivity contribution in [1.29, 1.82) is 0 Å². The topological polar surface area (TPSA) is 35.5 Å². The molecule has 0 aromatic heterocycles. The Morgan fingerprint density at radius 2 is 1.50 bits per heavy atom. The van der Waals surface area contributed by atoms with Gasteiger partial charge in [-0.25, -0.2) is 4.79 Å². The van der Waals surface area contributed by atoms with Crippen LogP contribution in [0, 0.1) is 12.8 Å². The van der Waals surface area contributed by atoms with Crippen molar-refractivity contribution in [2.24, 2.45) is 0 Å². The lowest BCUT2D eigenvalue weighted by Crippen LogP contribution is -2.05. The maximum absolute atomic E-state index is 10.2. The second-order valence-electron chi connectivity index (χ2n) is 1.12. The standard InChI is InChI=1S/C5H10O3.C2H2/c1-3-7-5(6)8-4-2;1-2/h3-4H2,1-2H3;1-2H. The molecule has 0 bridgehead atoms. The fraction of sp³-hybridized carbons (Fsp3) is 0.571. The van der Waals surface area contributed by atoms with Crippen LogP contribution < -0.4 is 0 Å². The van der Waals surface area contributed by atoms with Gasteiger partial charge in [-0.3, -0.25) is 0 Å². The Hall–Kier alpha value is -1.17. The summed E-state index contributed by atoms with van der Waals surface area (Å²) in [6.45, 7) is 4.21. The zero-order valence-electron chi connectivity index (χ0n) is 6.29. The van der Waals surface area contributed by atoms with Gasteiger partial charge >= 0.3 is 6.16 Å². The number of rotatable bonds is 2. The first-order valence-electron chi connectivity index (χ1n) is 2.94. The molecule has 0 aromatic carbocycles. The summed E-state index contributed by atoms with van der Waals surface area (Å²) in [6.07, 6.45) is 7.41. The molecule has 0 unspecified atom stereocenters. The maximum Gasteiger partial charge on any atom is 0.508 e. The number of hydrogen-bond acceptors (Lipinski definition) is 3. The Morgan fingerprint density at radius 1 is 1.20 bits per heavy atom. The highest BCUT2D eigenvalue weighted by Crippen LogP contribution is 1.81. The van der Waals surface area contributed by atoms with Gasteiger partial charge in [0.05, 0.1) is 13.2 Å². The monoisotopic (exact) mass is 144 g/mol. The van der Waals surface area contributed by atoms with Crippen LogP contribution in [0.25, 0.3) is 0 Å². The molecule has 0 aliphatic rings. The summed E-state index contributed by atoms with van der Waals surface area (Å²) in [6, 6.07) is 0. The number of carbonyl (C=O) groups excluding carboxylic acids is 1. The summed E-state index contributed by atoms with van der Waals surface area (Å²) in [4.78, 5) is 10.2. The van der Waals surface area contributed by atoms with Gasteiger partial charge in [0, 0.05) is 0 Å². The van der Waals surface area contributed by atoms with Gasteiger partial charge in [-0.1, -0.05) is 0 Å². The van der Waals surface area contributed by atoms with Gasteiger partial charge in [-0.05, 0) is 13.8 Å². The lowest BCUT2D eigenvalue weighted by Gasteiger charge is -1.98. The third-order valence-electron chi connectivity index (χ3n) is 0.524. The van der Waals surface area contributed by atoms with Crippen LogP contribution in [0.5, 0.6) is 0 Å². The van der Waals surface area contributed by atoms with Crippen molar-refractivity contribution in [3.05, 3.63) is 0 Å². The first-order chi connectivity index (χ1) is 4.81. The van der Waals surface area contributed by atoms with Crippen molar-refractivity contribution in [3.8, 4) is 12.8 Å². The third kappa shape index (κ3) is 9.95. The lowest BCUT2D eigenvalue weighted by molar-refractivity contribution is 0.0630. The van der Waals surface area contributed by atoms with Gasteiger partial charge in [-0.2, -0.15) is 0 Å². The normalized spacial score (nSPS) is 6.80. The molecule has 0 fully saturated rings. The van der Waals surface area contributed by atoms with E-state index in [1.165, 1.54) is 0 Å². The molecule has 0 aromatic rings. The summed E-state index contributed by atoms with van der Waals surface area (Å²) in [7, 11) is 0. The zero-order valence-corrected chi connectivity index (χ0v) is 6.29. The minimum absolute atomic E-state index is 0.374. The van der Waals surface area contributed by atoms with Crippen LogP contribution in [-0.2, 0) is 9.47 Å². The van der Waals surface area contributed by atoms with Gasteiger partial charge in [-0.15, -0.1) is 12.8 Å². The number of hydrogen-bond donors (Lipinski definition) is 0. The SMILES string of the molecule is C#C.CCOC(=O)OCC. The third-order valence-corrected chi connectivity index (χ3v) is 0.524. The Bertz CT molecular complexity index is 88.3. The molecule has 3 nitrogen and oxygen atoms in total. The van der Waals surface area contributed by atoms with Crippen molar-refractivity contribution < 1.29 is 14.3 Å². The quantitative estimate of drug-likeness (QED) is 0.434. The summed E-state index contributed by atoms with van der Waals surface area (Å²) in [5.74, 6) is 0. The highest BCUT2D eigenvalue weighted by molar-refractivity contribution is 5.59. The Kier molecular flexibility index (Phi) is 12.5. The van der Waals surface area contributed by atoms with E-state index in [4.69, 9.17) is 0 Å². The average molecular weight is 144 g/mol. The lowest BCUT2D eigenvalue weighted by atomic mass is 10.8. The molecule has 0 heterocycles.